The Hall–Kier alpha value is -0.570. The molecule has 3 nitrogen and oxygen atoms in total. The van der Waals surface area contributed by atoms with Crippen LogP contribution in [0.5, 0.6) is 0 Å². The molecule has 0 fully saturated rings. The van der Waals surface area contributed by atoms with Crippen LogP contribution in [0.3, 0.4) is 0 Å². The van der Waals surface area contributed by atoms with Crippen LogP contribution in [0.15, 0.2) is 0 Å². The Morgan fingerprint density at radius 3 is 2.18 bits per heavy atom. The Bertz CT molecular complexity index is 121. The van der Waals surface area contributed by atoms with Crippen molar-refractivity contribution in [2.45, 2.75) is 32.7 Å². The van der Waals surface area contributed by atoms with Gasteiger partial charge in [0.05, 0.1) is 7.11 Å². The number of ether oxygens (including phenoxy) is 1. The highest BCUT2D eigenvalue weighted by atomic mass is 16.5. The predicted octanol–water partition coefficient (Wildman–Crippen LogP) is 0.923. The lowest BCUT2D eigenvalue weighted by Gasteiger charge is -2.17. The van der Waals surface area contributed by atoms with E-state index in [1.165, 1.54) is 7.11 Å². The van der Waals surface area contributed by atoms with Crippen LogP contribution < -0.4 is 5.73 Å². The fourth-order valence-corrected chi connectivity index (χ4v) is 1.13. The van der Waals surface area contributed by atoms with Gasteiger partial charge < -0.3 is 10.5 Å². The summed E-state index contributed by atoms with van der Waals surface area (Å²) < 4.78 is 4.53. The smallest absolute Gasteiger partial charge is 0.322 e. The molecule has 0 unspecified atom stereocenters. The van der Waals surface area contributed by atoms with E-state index in [1.807, 2.05) is 13.8 Å². The summed E-state index contributed by atoms with van der Waals surface area (Å²) in [7, 11) is 1.37. The molecule has 11 heavy (non-hydrogen) atoms. The van der Waals surface area contributed by atoms with Gasteiger partial charge in [-0.05, 0) is 5.92 Å². The maximum Gasteiger partial charge on any atom is 0.322 e. The Morgan fingerprint density at radius 1 is 1.45 bits per heavy atom. The minimum atomic E-state index is -0.449. The van der Waals surface area contributed by atoms with Crippen LogP contribution in [0.2, 0.25) is 0 Å². The van der Waals surface area contributed by atoms with E-state index in [0.29, 0.717) is 0 Å². The minimum Gasteiger partial charge on any atom is -0.468 e. The van der Waals surface area contributed by atoms with Crippen LogP contribution >= 0.6 is 0 Å². The Morgan fingerprint density at radius 2 is 1.91 bits per heavy atom. The van der Waals surface area contributed by atoms with Crippen LogP contribution in [0.1, 0.15) is 26.7 Å². The Kier molecular flexibility index (Phi) is 4.86. The van der Waals surface area contributed by atoms with Gasteiger partial charge in [0.2, 0.25) is 0 Å². The highest BCUT2D eigenvalue weighted by Crippen LogP contribution is 2.11. The van der Waals surface area contributed by atoms with Crippen molar-refractivity contribution in [1.29, 1.82) is 0 Å². The molecule has 3 heteroatoms. The number of rotatable bonds is 4. The lowest BCUT2D eigenvalue weighted by atomic mass is 9.95. The van der Waals surface area contributed by atoms with E-state index in [-0.39, 0.29) is 11.9 Å². The molecule has 0 rings (SSSR count). The molecule has 0 radical (unpaired) electrons. The van der Waals surface area contributed by atoms with Gasteiger partial charge in [-0.3, -0.25) is 4.79 Å². The molecule has 0 amide bonds. The van der Waals surface area contributed by atoms with Crippen molar-refractivity contribution in [2.75, 3.05) is 7.11 Å². The van der Waals surface area contributed by atoms with Gasteiger partial charge in [-0.15, -0.1) is 0 Å². The van der Waals surface area contributed by atoms with E-state index >= 15 is 0 Å². The first-order chi connectivity index (χ1) is 5.17. The SMILES string of the molecule is CCC(CC)[C@@H](N)C(=O)OC. The molecule has 0 heterocycles. The van der Waals surface area contributed by atoms with Gasteiger partial charge in [0, 0.05) is 0 Å². The van der Waals surface area contributed by atoms with E-state index < -0.39 is 6.04 Å². The topological polar surface area (TPSA) is 52.3 Å². The summed E-state index contributed by atoms with van der Waals surface area (Å²) in [6, 6.07) is -0.449. The van der Waals surface area contributed by atoms with Crippen molar-refractivity contribution in [1.82, 2.24) is 0 Å². The van der Waals surface area contributed by atoms with Gasteiger partial charge in [0.1, 0.15) is 6.04 Å². The zero-order valence-electron chi connectivity index (χ0n) is 7.46. The fourth-order valence-electron chi connectivity index (χ4n) is 1.13. The third kappa shape index (κ3) is 2.89. The fraction of sp³-hybridized carbons (Fsp3) is 0.875. The molecule has 0 aromatic heterocycles. The highest BCUT2D eigenvalue weighted by molar-refractivity contribution is 5.75. The predicted molar refractivity (Wildman–Crippen MR) is 44.1 cm³/mol. The number of methoxy groups -OCH3 is 1. The molecule has 0 spiro atoms. The highest BCUT2D eigenvalue weighted by Gasteiger charge is 2.21. The third-order valence-corrected chi connectivity index (χ3v) is 2.03. The maximum absolute atomic E-state index is 10.9. The first-order valence-electron chi connectivity index (χ1n) is 4.00. The van der Waals surface area contributed by atoms with Crippen molar-refractivity contribution in [3.8, 4) is 0 Å². The Balaban J connectivity index is 3.97. The van der Waals surface area contributed by atoms with Crippen LogP contribution in [-0.2, 0) is 9.53 Å². The number of esters is 1. The van der Waals surface area contributed by atoms with E-state index in [0.717, 1.165) is 12.8 Å². The summed E-state index contributed by atoms with van der Waals surface area (Å²) in [5.41, 5.74) is 5.62. The second-order valence-corrected chi connectivity index (χ2v) is 2.63. The van der Waals surface area contributed by atoms with E-state index in [2.05, 4.69) is 4.74 Å². The van der Waals surface area contributed by atoms with Crippen molar-refractivity contribution < 1.29 is 9.53 Å². The second-order valence-electron chi connectivity index (χ2n) is 2.63. The largest absolute Gasteiger partial charge is 0.468 e. The van der Waals surface area contributed by atoms with Crippen molar-refractivity contribution in [3.63, 3.8) is 0 Å². The first-order valence-corrected chi connectivity index (χ1v) is 4.00. The molecule has 66 valence electrons. The second kappa shape index (κ2) is 5.13. The normalized spacial score (nSPS) is 13.2. The minimum absolute atomic E-state index is 0.252. The van der Waals surface area contributed by atoms with Gasteiger partial charge in [-0.2, -0.15) is 0 Å². The summed E-state index contributed by atoms with van der Waals surface area (Å²) in [5.74, 6) is -0.0545. The molecule has 0 saturated heterocycles. The van der Waals surface area contributed by atoms with Crippen LogP contribution in [-0.4, -0.2) is 19.1 Å². The van der Waals surface area contributed by atoms with E-state index in [9.17, 15) is 4.79 Å². The molecule has 0 bridgehead atoms. The van der Waals surface area contributed by atoms with Crippen molar-refractivity contribution in [3.05, 3.63) is 0 Å². The summed E-state index contributed by atoms with van der Waals surface area (Å²) in [4.78, 5) is 10.9. The quantitative estimate of drug-likeness (QED) is 0.621. The summed E-state index contributed by atoms with van der Waals surface area (Å²) in [5, 5.41) is 0. The standard InChI is InChI=1S/C8H17NO2/c1-4-6(5-2)7(9)8(10)11-3/h6-7H,4-5,9H2,1-3H3/t7-/m1/s1. The zero-order chi connectivity index (χ0) is 8.85. The van der Waals surface area contributed by atoms with Gasteiger partial charge in [0.15, 0.2) is 0 Å². The summed E-state index contributed by atoms with van der Waals surface area (Å²) in [6.45, 7) is 4.05. The number of hydrogen-bond donors (Lipinski definition) is 1. The van der Waals surface area contributed by atoms with Crippen LogP contribution in [0.4, 0.5) is 0 Å². The number of nitrogens with two attached hydrogens (primary N) is 1. The molecule has 0 saturated carbocycles. The average Bonchev–Trinajstić information content (AvgIpc) is 2.05. The van der Waals surface area contributed by atoms with Crippen molar-refractivity contribution in [2.24, 2.45) is 11.7 Å². The zero-order valence-corrected chi connectivity index (χ0v) is 7.46. The number of hydrogen-bond acceptors (Lipinski definition) is 3. The van der Waals surface area contributed by atoms with Gasteiger partial charge in [-0.25, -0.2) is 0 Å². The summed E-state index contributed by atoms with van der Waals surface area (Å²) >= 11 is 0. The Labute approximate surface area is 67.9 Å². The van der Waals surface area contributed by atoms with Gasteiger partial charge >= 0.3 is 5.97 Å². The number of carbonyl (C=O) groups excluding carboxylic acids is 1. The van der Waals surface area contributed by atoms with Crippen LogP contribution in [0.25, 0.3) is 0 Å². The van der Waals surface area contributed by atoms with E-state index in [4.69, 9.17) is 5.73 Å². The van der Waals surface area contributed by atoms with Crippen LogP contribution in [0, 0.1) is 5.92 Å². The first kappa shape index (κ1) is 10.4. The van der Waals surface area contributed by atoms with Gasteiger partial charge in [-0.1, -0.05) is 26.7 Å². The molecule has 0 aromatic carbocycles. The van der Waals surface area contributed by atoms with Gasteiger partial charge in [0.25, 0.3) is 0 Å². The third-order valence-electron chi connectivity index (χ3n) is 2.03. The monoisotopic (exact) mass is 159 g/mol. The molecule has 1 atom stereocenters. The molecule has 0 aliphatic heterocycles. The lowest BCUT2D eigenvalue weighted by molar-refractivity contribution is -0.143. The average molecular weight is 159 g/mol. The molecule has 0 aliphatic rings. The molecular formula is C8H17NO2. The molecular weight excluding hydrogens is 142 g/mol. The molecule has 2 N–H and O–H groups in total. The van der Waals surface area contributed by atoms with E-state index in [1.54, 1.807) is 0 Å². The lowest BCUT2D eigenvalue weighted by Crippen LogP contribution is -2.38. The maximum atomic E-state index is 10.9. The summed E-state index contributed by atoms with van der Waals surface area (Å²) in [6.07, 6.45) is 1.85. The number of carbonyl (C=O) groups is 1. The molecule has 0 aromatic rings. The van der Waals surface area contributed by atoms with Crippen molar-refractivity contribution >= 4 is 5.97 Å². The molecule has 0 aliphatic carbocycles.